The Hall–Kier alpha value is -4.72. The number of para-hydroxylation sites is 2. The summed E-state index contributed by atoms with van der Waals surface area (Å²) in [6.45, 7) is 0. The fourth-order valence-corrected chi connectivity index (χ4v) is 3.74. The molecular formula is C25H20N6O2. The summed E-state index contributed by atoms with van der Waals surface area (Å²) in [7, 11) is 1.87. The first kappa shape index (κ1) is 20.2. The van der Waals surface area contributed by atoms with E-state index in [0.717, 1.165) is 16.6 Å². The van der Waals surface area contributed by atoms with Crippen molar-refractivity contribution in [2.24, 2.45) is 7.05 Å². The van der Waals surface area contributed by atoms with Gasteiger partial charge in [-0.25, -0.2) is 4.68 Å². The summed E-state index contributed by atoms with van der Waals surface area (Å²) in [6.07, 6.45) is 6.67. The highest BCUT2D eigenvalue weighted by Crippen LogP contribution is 2.23. The van der Waals surface area contributed by atoms with E-state index < -0.39 is 11.8 Å². The number of rotatable bonds is 4. The van der Waals surface area contributed by atoms with Gasteiger partial charge in [0, 0.05) is 48.3 Å². The predicted molar refractivity (Wildman–Crippen MR) is 125 cm³/mol. The lowest BCUT2D eigenvalue weighted by atomic mass is 10.1. The summed E-state index contributed by atoms with van der Waals surface area (Å²) in [5, 5.41) is 5.41. The number of nitrogens with one attached hydrogen (secondary N) is 2. The fraction of sp³-hybridized carbons (Fsp3) is 0.0400. The first-order valence-corrected chi connectivity index (χ1v) is 10.3. The Kier molecular flexibility index (Phi) is 5.16. The van der Waals surface area contributed by atoms with Gasteiger partial charge in [0.25, 0.3) is 11.8 Å². The number of fused-ring (bicyclic) bond motifs is 1. The van der Waals surface area contributed by atoms with E-state index in [1.807, 2.05) is 72.3 Å². The zero-order chi connectivity index (χ0) is 22.8. The van der Waals surface area contributed by atoms with Gasteiger partial charge in [-0.05, 0) is 30.3 Å². The van der Waals surface area contributed by atoms with Crippen molar-refractivity contribution in [3.05, 3.63) is 103 Å². The molecule has 8 heteroatoms. The van der Waals surface area contributed by atoms with E-state index in [0.29, 0.717) is 22.4 Å². The molecule has 0 fully saturated rings. The van der Waals surface area contributed by atoms with Gasteiger partial charge in [-0.3, -0.25) is 25.4 Å². The van der Waals surface area contributed by atoms with Crippen LogP contribution < -0.4 is 10.9 Å². The molecule has 5 rings (SSSR count). The Morgan fingerprint density at radius 3 is 2.30 bits per heavy atom. The fourth-order valence-electron chi connectivity index (χ4n) is 3.74. The number of carbonyl (C=O) groups excluding carboxylic acids is 2. The van der Waals surface area contributed by atoms with Gasteiger partial charge in [-0.2, -0.15) is 5.10 Å². The number of hydrogen-bond donors (Lipinski definition) is 2. The maximum absolute atomic E-state index is 13.1. The largest absolute Gasteiger partial charge is 0.350 e. The average molecular weight is 436 g/mol. The lowest BCUT2D eigenvalue weighted by molar-refractivity contribution is 0.0848. The first-order chi connectivity index (χ1) is 16.1. The molecule has 0 spiro atoms. The monoisotopic (exact) mass is 436 g/mol. The van der Waals surface area contributed by atoms with Gasteiger partial charge in [-0.1, -0.05) is 36.4 Å². The van der Waals surface area contributed by atoms with Crippen molar-refractivity contribution >= 4 is 22.7 Å². The van der Waals surface area contributed by atoms with Gasteiger partial charge >= 0.3 is 0 Å². The van der Waals surface area contributed by atoms with E-state index in [1.54, 1.807) is 35.5 Å². The molecule has 0 saturated carbocycles. The molecular weight excluding hydrogens is 416 g/mol. The Labute approximate surface area is 189 Å². The second-order valence-corrected chi connectivity index (χ2v) is 7.49. The number of pyridine rings is 1. The molecule has 3 heterocycles. The minimum Gasteiger partial charge on any atom is -0.350 e. The molecule has 2 aromatic carbocycles. The number of aryl methyl sites for hydroxylation is 1. The van der Waals surface area contributed by atoms with Crippen molar-refractivity contribution in [3.8, 4) is 16.9 Å². The number of nitrogens with zero attached hydrogens (tertiary/aromatic N) is 4. The van der Waals surface area contributed by atoms with Crippen LogP contribution >= 0.6 is 0 Å². The molecule has 8 nitrogen and oxygen atoms in total. The van der Waals surface area contributed by atoms with Gasteiger partial charge in [0.2, 0.25) is 0 Å². The highest BCUT2D eigenvalue weighted by Gasteiger charge is 2.20. The van der Waals surface area contributed by atoms with E-state index >= 15 is 0 Å². The molecule has 162 valence electrons. The van der Waals surface area contributed by atoms with Crippen molar-refractivity contribution in [2.45, 2.75) is 0 Å². The molecule has 0 atom stereocenters. The molecule has 0 saturated heterocycles. The van der Waals surface area contributed by atoms with E-state index in [4.69, 9.17) is 0 Å². The molecule has 0 unspecified atom stereocenters. The smallest absolute Gasteiger partial charge is 0.273 e. The van der Waals surface area contributed by atoms with Crippen molar-refractivity contribution in [3.63, 3.8) is 0 Å². The standard InChI is InChI=1S/C25H20N6O2/c1-30-15-20(19-11-5-6-12-22(19)30)24(32)27-28-25(33)21-16-31(18-9-3-2-4-10-18)29-23(21)17-8-7-13-26-14-17/h2-16H,1H3,(H,27,32)(H,28,33). The average Bonchev–Trinajstić information content (AvgIpc) is 3.46. The minimum absolute atomic E-state index is 0.310. The molecule has 2 amide bonds. The molecule has 0 aliphatic rings. The molecule has 0 aliphatic heterocycles. The third-order valence-corrected chi connectivity index (χ3v) is 5.35. The van der Waals surface area contributed by atoms with Crippen LogP contribution in [0.1, 0.15) is 20.7 Å². The lowest BCUT2D eigenvalue weighted by Crippen LogP contribution is -2.41. The summed E-state index contributed by atoms with van der Waals surface area (Å²) in [4.78, 5) is 30.0. The zero-order valence-electron chi connectivity index (χ0n) is 17.8. The van der Waals surface area contributed by atoms with Crippen molar-refractivity contribution in [2.75, 3.05) is 0 Å². The second kappa shape index (κ2) is 8.43. The lowest BCUT2D eigenvalue weighted by Gasteiger charge is -2.07. The van der Waals surface area contributed by atoms with Gasteiger partial charge in [0.05, 0.1) is 16.8 Å². The van der Waals surface area contributed by atoms with E-state index in [2.05, 4.69) is 20.9 Å². The highest BCUT2D eigenvalue weighted by atomic mass is 16.2. The van der Waals surface area contributed by atoms with Crippen LogP contribution in [0.2, 0.25) is 0 Å². The first-order valence-electron chi connectivity index (χ1n) is 10.3. The third kappa shape index (κ3) is 3.85. The number of carbonyl (C=O) groups is 2. The summed E-state index contributed by atoms with van der Waals surface area (Å²) in [5.74, 6) is -0.886. The zero-order valence-corrected chi connectivity index (χ0v) is 17.8. The number of aromatic nitrogens is 4. The van der Waals surface area contributed by atoms with Crippen LogP contribution in [0, 0.1) is 0 Å². The summed E-state index contributed by atoms with van der Waals surface area (Å²) in [5.41, 5.74) is 8.72. The third-order valence-electron chi connectivity index (χ3n) is 5.35. The maximum atomic E-state index is 13.1. The molecule has 0 aliphatic carbocycles. The van der Waals surface area contributed by atoms with Gasteiger partial charge < -0.3 is 4.57 Å². The Bertz CT molecular complexity index is 1450. The molecule has 33 heavy (non-hydrogen) atoms. The Morgan fingerprint density at radius 2 is 1.55 bits per heavy atom. The van der Waals surface area contributed by atoms with Crippen LogP contribution in [-0.4, -0.2) is 31.1 Å². The van der Waals surface area contributed by atoms with Crippen molar-refractivity contribution in [1.29, 1.82) is 0 Å². The topological polar surface area (TPSA) is 93.8 Å². The summed E-state index contributed by atoms with van der Waals surface area (Å²) in [6, 6.07) is 20.7. The van der Waals surface area contributed by atoms with Crippen LogP contribution in [-0.2, 0) is 7.05 Å². The van der Waals surface area contributed by atoms with E-state index in [1.165, 1.54) is 0 Å². The van der Waals surface area contributed by atoms with Crippen LogP contribution in [0.15, 0.2) is 91.5 Å². The van der Waals surface area contributed by atoms with E-state index in [-0.39, 0.29) is 0 Å². The maximum Gasteiger partial charge on any atom is 0.273 e. The quantitative estimate of drug-likeness (QED) is 0.422. The predicted octanol–water partition coefficient (Wildman–Crippen LogP) is 3.50. The number of hydrazine groups is 1. The van der Waals surface area contributed by atoms with Gasteiger partial charge in [0.15, 0.2) is 0 Å². The van der Waals surface area contributed by atoms with Crippen LogP contribution in [0.4, 0.5) is 0 Å². The summed E-state index contributed by atoms with van der Waals surface area (Å²) < 4.78 is 3.50. The summed E-state index contributed by atoms with van der Waals surface area (Å²) >= 11 is 0. The second-order valence-electron chi connectivity index (χ2n) is 7.49. The Balaban J connectivity index is 1.43. The number of hydrogen-bond acceptors (Lipinski definition) is 4. The molecule has 5 aromatic rings. The number of benzene rings is 2. The highest BCUT2D eigenvalue weighted by molar-refractivity contribution is 6.08. The molecule has 0 bridgehead atoms. The van der Waals surface area contributed by atoms with Crippen molar-refractivity contribution < 1.29 is 9.59 Å². The Morgan fingerprint density at radius 1 is 0.818 bits per heavy atom. The molecule has 0 radical (unpaired) electrons. The number of amides is 2. The van der Waals surface area contributed by atoms with Crippen LogP contribution in [0.3, 0.4) is 0 Å². The molecule has 3 aromatic heterocycles. The van der Waals surface area contributed by atoms with Crippen LogP contribution in [0.25, 0.3) is 27.8 Å². The van der Waals surface area contributed by atoms with Gasteiger partial charge in [-0.15, -0.1) is 0 Å². The van der Waals surface area contributed by atoms with E-state index in [9.17, 15) is 9.59 Å². The van der Waals surface area contributed by atoms with Crippen LogP contribution in [0.5, 0.6) is 0 Å². The molecule has 2 N–H and O–H groups in total. The minimum atomic E-state index is -0.482. The van der Waals surface area contributed by atoms with Gasteiger partial charge in [0.1, 0.15) is 5.69 Å². The normalized spacial score (nSPS) is 10.8. The van der Waals surface area contributed by atoms with Crippen molar-refractivity contribution in [1.82, 2.24) is 30.2 Å². The SMILES string of the molecule is Cn1cc(C(=O)NNC(=O)c2cn(-c3ccccc3)nc2-c2cccnc2)c2ccccc21.